The Hall–Kier alpha value is -1.18. The van der Waals surface area contributed by atoms with Gasteiger partial charge in [-0.1, -0.05) is 27.7 Å². The fourth-order valence-corrected chi connectivity index (χ4v) is 1.36. The van der Waals surface area contributed by atoms with Gasteiger partial charge in [-0.15, -0.1) is 0 Å². The quantitative estimate of drug-likeness (QED) is 0.763. The van der Waals surface area contributed by atoms with Gasteiger partial charge in [-0.25, -0.2) is 0 Å². The summed E-state index contributed by atoms with van der Waals surface area (Å²) in [5.41, 5.74) is 9.27. The van der Waals surface area contributed by atoms with Gasteiger partial charge < -0.3 is 11.1 Å². The van der Waals surface area contributed by atoms with E-state index in [0.717, 1.165) is 23.5 Å². The molecule has 1 rings (SSSR count). The van der Waals surface area contributed by atoms with Crippen LogP contribution in [0.2, 0.25) is 0 Å². The van der Waals surface area contributed by atoms with E-state index >= 15 is 0 Å². The van der Waals surface area contributed by atoms with Crippen LogP contribution in [0.4, 0.5) is 11.4 Å². The summed E-state index contributed by atoms with van der Waals surface area (Å²) in [6, 6.07) is 6.10. The summed E-state index contributed by atoms with van der Waals surface area (Å²) in [6.07, 6.45) is 0. The number of hydrogen-bond donors (Lipinski definition) is 2. The Kier molecular flexibility index (Phi) is 3.84. The summed E-state index contributed by atoms with van der Waals surface area (Å²) < 4.78 is 0. The lowest BCUT2D eigenvalue weighted by atomic mass is 9.82. The molecule has 0 saturated heterocycles. The highest BCUT2D eigenvalue weighted by Gasteiger charge is 2.19. The molecule has 1 aromatic rings. The van der Waals surface area contributed by atoms with Crippen LogP contribution in [-0.2, 0) is 0 Å². The lowest BCUT2D eigenvalue weighted by molar-refractivity contribution is 0.274. The molecule has 0 radical (unpaired) electrons. The normalized spacial score (nSPS) is 13.6. The first-order valence-corrected chi connectivity index (χ1v) is 5.90. The number of benzene rings is 1. The molecule has 0 spiro atoms. The lowest BCUT2D eigenvalue weighted by Crippen LogP contribution is -2.24. The van der Waals surface area contributed by atoms with E-state index in [4.69, 9.17) is 5.73 Å². The van der Waals surface area contributed by atoms with Crippen LogP contribution in [0.3, 0.4) is 0 Å². The first-order valence-electron chi connectivity index (χ1n) is 5.90. The molecule has 0 aliphatic heterocycles. The summed E-state index contributed by atoms with van der Waals surface area (Å²) in [5.74, 6) is 0.630. The molecule has 90 valence electrons. The first kappa shape index (κ1) is 12.9. The monoisotopic (exact) mass is 220 g/mol. The molecule has 1 atom stereocenters. The zero-order valence-electron chi connectivity index (χ0n) is 11.1. The van der Waals surface area contributed by atoms with E-state index in [-0.39, 0.29) is 0 Å². The molecule has 0 bridgehead atoms. The predicted octanol–water partition coefficient (Wildman–Crippen LogP) is 3.67. The number of nitrogen functional groups attached to an aromatic ring is 1. The summed E-state index contributed by atoms with van der Waals surface area (Å²) in [4.78, 5) is 0. The zero-order valence-corrected chi connectivity index (χ0v) is 11.1. The van der Waals surface area contributed by atoms with E-state index in [2.05, 4.69) is 39.1 Å². The van der Waals surface area contributed by atoms with Gasteiger partial charge in [0.15, 0.2) is 0 Å². The van der Waals surface area contributed by atoms with Gasteiger partial charge in [-0.2, -0.15) is 0 Å². The maximum absolute atomic E-state index is 5.79. The van der Waals surface area contributed by atoms with Gasteiger partial charge in [0.2, 0.25) is 0 Å². The van der Waals surface area contributed by atoms with Gasteiger partial charge in [-0.3, -0.25) is 0 Å². The minimum atomic E-state index is 0.343. The third kappa shape index (κ3) is 3.44. The van der Waals surface area contributed by atoms with Crippen LogP contribution in [0.25, 0.3) is 0 Å². The van der Waals surface area contributed by atoms with Gasteiger partial charge in [0.25, 0.3) is 0 Å². The third-order valence-electron chi connectivity index (χ3n) is 3.36. The Morgan fingerprint density at radius 2 is 1.94 bits per heavy atom. The predicted molar refractivity (Wildman–Crippen MR) is 72.7 cm³/mol. The second-order valence-electron chi connectivity index (χ2n) is 5.72. The van der Waals surface area contributed by atoms with E-state index in [0.29, 0.717) is 11.3 Å². The van der Waals surface area contributed by atoms with Crippen molar-refractivity contribution in [3.63, 3.8) is 0 Å². The fraction of sp³-hybridized carbons (Fsp3) is 0.571. The Labute approximate surface area is 99.2 Å². The molecule has 0 aliphatic carbocycles. The zero-order chi connectivity index (χ0) is 12.3. The molecule has 0 saturated carbocycles. The van der Waals surface area contributed by atoms with Crippen molar-refractivity contribution in [2.24, 2.45) is 11.3 Å². The maximum Gasteiger partial charge on any atom is 0.0345 e. The summed E-state index contributed by atoms with van der Waals surface area (Å²) in [6.45, 7) is 12.1. The highest BCUT2D eigenvalue weighted by Crippen LogP contribution is 2.26. The average Bonchev–Trinajstić information content (AvgIpc) is 2.18. The minimum Gasteiger partial charge on any atom is -0.399 e. The standard InChI is InChI=1S/C14H24N2/c1-10-8-12(6-7-13(10)15)16-9-11(2)14(3,4)5/h6-8,11,16H,9,15H2,1-5H3. The van der Waals surface area contributed by atoms with Crippen LogP contribution in [-0.4, -0.2) is 6.54 Å². The minimum absolute atomic E-state index is 0.343. The molecule has 0 fully saturated rings. The number of nitrogens with two attached hydrogens (primary N) is 1. The number of hydrogen-bond acceptors (Lipinski definition) is 2. The van der Waals surface area contributed by atoms with Crippen molar-refractivity contribution in [1.29, 1.82) is 0 Å². The van der Waals surface area contributed by atoms with Crippen molar-refractivity contribution in [1.82, 2.24) is 0 Å². The molecule has 3 N–H and O–H groups in total. The largest absolute Gasteiger partial charge is 0.399 e. The number of nitrogens with one attached hydrogen (secondary N) is 1. The highest BCUT2D eigenvalue weighted by molar-refractivity contribution is 5.56. The van der Waals surface area contributed by atoms with Crippen molar-refractivity contribution in [3.05, 3.63) is 23.8 Å². The van der Waals surface area contributed by atoms with Crippen LogP contribution in [0, 0.1) is 18.3 Å². The Bertz CT molecular complexity index is 350. The van der Waals surface area contributed by atoms with Gasteiger partial charge >= 0.3 is 0 Å². The Balaban J connectivity index is 2.58. The molecular formula is C14H24N2. The Morgan fingerprint density at radius 1 is 1.31 bits per heavy atom. The maximum atomic E-state index is 5.79. The SMILES string of the molecule is Cc1cc(NCC(C)C(C)(C)C)ccc1N. The molecule has 1 unspecified atom stereocenters. The fourth-order valence-electron chi connectivity index (χ4n) is 1.36. The van der Waals surface area contributed by atoms with Crippen molar-refractivity contribution in [3.8, 4) is 0 Å². The van der Waals surface area contributed by atoms with Gasteiger partial charge in [0.1, 0.15) is 0 Å². The molecule has 16 heavy (non-hydrogen) atoms. The van der Waals surface area contributed by atoms with Crippen LogP contribution < -0.4 is 11.1 Å². The second kappa shape index (κ2) is 4.77. The molecule has 2 heteroatoms. The number of aryl methyl sites for hydroxylation is 1. The molecule has 1 aromatic carbocycles. The third-order valence-corrected chi connectivity index (χ3v) is 3.36. The lowest BCUT2D eigenvalue weighted by Gasteiger charge is -2.27. The summed E-state index contributed by atoms with van der Waals surface area (Å²) in [7, 11) is 0. The van der Waals surface area contributed by atoms with Gasteiger partial charge in [-0.05, 0) is 42.0 Å². The molecule has 0 amide bonds. The number of anilines is 2. The van der Waals surface area contributed by atoms with Crippen LogP contribution in [0.1, 0.15) is 33.3 Å². The molecule has 0 aliphatic rings. The van der Waals surface area contributed by atoms with E-state index in [9.17, 15) is 0 Å². The molecule has 0 aromatic heterocycles. The molecule has 0 heterocycles. The van der Waals surface area contributed by atoms with E-state index < -0.39 is 0 Å². The van der Waals surface area contributed by atoms with Gasteiger partial charge in [0, 0.05) is 17.9 Å². The van der Waals surface area contributed by atoms with E-state index in [1.807, 2.05) is 19.1 Å². The topological polar surface area (TPSA) is 38.0 Å². The Morgan fingerprint density at radius 3 is 2.44 bits per heavy atom. The van der Waals surface area contributed by atoms with Gasteiger partial charge in [0.05, 0.1) is 0 Å². The van der Waals surface area contributed by atoms with E-state index in [1.165, 1.54) is 0 Å². The highest BCUT2D eigenvalue weighted by atomic mass is 14.9. The van der Waals surface area contributed by atoms with Crippen LogP contribution in [0.5, 0.6) is 0 Å². The van der Waals surface area contributed by atoms with Crippen molar-refractivity contribution >= 4 is 11.4 Å². The van der Waals surface area contributed by atoms with Crippen molar-refractivity contribution < 1.29 is 0 Å². The summed E-state index contributed by atoms with van der Waals surface area (Å²) >= 11 is 0. The summed E-state index contributed by atoms with van der Waals surface area (Å²) in [5, 5.41) is 3.46. The van der Waals surface area contributed by atoms with Crippen LogP contribution in [0.15, 0.2) is 18.2 Å². The van der Waals surface area contributed by atoms with E-state index in [1.54, 1.807) is 0 Å². The van der Waals surface area contributed by atoms with Crippen molar-refractivity contribution in [2.75, 3.05) is 17.6 Å². The van der Waals surface area contributed by atoms with Crippen LogP contribution >= 0.6 is 0 Å². The smallest absolute Gasteiger partial charge is 0.0345 e. The number of rotatable bonds is 3. The molecule has 2 nitrogen and oxygen atoms in total. The van der Waals surface area contributed by atoms with Crippen molar-refractivity contribution in [2.45, 2.75) is 34.6 Å². The first-order chi connectivity index (χ1) is 7.30. The molecular weight excluding hydrogens is 196 g/mol. The average molecular weight is 220 g/mol. The second-order valence-corrected chi connectivity index (χ2v) is 5.72.